The van der Waals surface area contributed by atoms with Gasteiger partial charge in [0.05, 0.1) is 28.8 Å². The zero-order valence-electron chi connectivity index (χ0n) is 15.9. The van der Waals surface area contributed by atoms with Crippen LogP contribution in [0, 0.1) is 0 Å². The molecule has 0 saturated carbocycles. The fraction of sp³-hybridized carbons (Fsp3) is 0.105. The SMILES string of the molecule is C=Cc1cnc(Nc2cn[nH]c2)nc1Nc1ccc2nccnc2c1N(C)SC. The molecule has 0 unspecified atom stereocenters. The van der Waals surface area contributed by atoms with E-state index in [4.69, 9.17) is 0 Å². The number of H-pyrrole nitrogens is 1. The highest BCUT2D eigenvalue weighted by molar-refractivity contribution is 7.99. The second-order valence-corrected chi connectivity index (χ2v) is 6.92. The summed E-state index contributed by atoms with van der Waals surface area (Å²) in [6, 6.07) is 3.90. The van der Waals surface area contributed by atoms with Gasteiger partial charge in [-0.2, -0.15) is 10.1 Å². The highest BCUT2D eigenvalue weighted by Gasteiger charge is 2.16. The Balaban J connectivity index is 1.76. The van der Waals surface area contributed by atoms with Crippen LogP contribution < -0.4 is 14.9 Å². The Kier molecular flexibility index (Phi) is 5.25. The largest absolute Gasteiger partial charge is 0.338 e. The van der Waals surface area contributed by atoms with Gasteiger partial charge in [0.25, 0.3) is 0 Å². The monoisotopic (exact) mass is 405 g/mol. The lowest BCUT2D eigenvalue weighted by Crippen LogP contribution is -2.10. The number of hydrogen-bond acceptors (Lipinski definition) is 9. The van der Waals surface area contributed by atoms with Gasteiger partial charge in [-0.1, -0.05) is 24.6 Å². The van der Waals surface area contributed by atoms with Gasteiger partial charge in [-0.3, -0.25) is 15.1 Å². The Hall–Kier alpha value is -3.66. The first kappa shape index (κ1) is 18.7. The van der Waals surface area contributed by atoms with Crippen LogP contribution in [0.2, 0.25) is 0 Å². The molecule has 0 aliphatic rings. The van der Waals surface area contributed by atoms with E-state index in [1.165, 1.54) is 0 Å². The third-order valence-electron chi connectivity index (χ3n) is 4.25. The second-order valence-electron chi connectivity index (χ2n) is 6.00. The van der Waals surface area contributed by atoms with Gasteiger partial charge in [-0.15, -0.1) is 0 Å². The van der Waals surface area contributed by atoms with Crippen LogP contribution >= 0.6 is 11.9 Å². The Morgan fingerprint density at radius 2 is 2.00 bits per heavy atom. The van der Waals surface area contributed by atoms with Crippen molar-refractivity contribution in [2.24, 2.45) is 0 Å². The van der Waals surface area contributed by atoms with Crippen molar-refractivity contribution >= 4 is 57.9 Å². The summed E-state index contributed by atoms with van der Waals surface area (Å²) in [5.74, 6) is 1.07. The highest BCUT2D eigenvalue weighted by atomic mass is 32.2. The van der Waals surface area contributed by atoms with Gasteiger partial charge in [0.15, 0.2) is 0 Å². The molecular formula is C19H19N9S. The summed E-state index contributed by atoms with van der Waals surface area (Å²) in [4.78, 5) is 17.9. The molecule has 10 heteroatoms. The van der Waals surface area contributed by atoms with Crippen molar-refractivity contribution in [1.29, 1.82) is 0 Å². The number of hydrogen-bond donors (Lipinski definition) is 3. The molecule has 0 spiro atoms. The predicted octanol–water partition coefficient (Wildman–Crippen LogP) is 3.99. The molecule has 0 atom stereocenters. The number of nitrogens with zero attached hydrogens (tertiary/aromatic N) is 6. The minimum Gasteiger partial charge on any atom is -0.338 e. The fourth-order valence-corrected chi connectivity index (χ4v) is 3.18. The van der Waals surface area contributed by atoms with Crippen LogP contribution in [-0.4, -0.2) is 43.4 Å². The number of anilines is 5. The van der Waals surface area contributed by atoms with E-state index >= 15 is 0 Å². The van der Waals surface area contributed by atoms with E-state index in [0.717, 1.165) is 33.7 Å². The van der Waals surface area contributed by atoms with Crippen molar-refractivity contribution in [2.75, 3.05) is 28.2 Å². The molecule has 1 aromatic carbocycles. The lowest BCUT2D eigenvalue weighted by atomic mass is 10.2. The molecule has 29 heavy (non-hydrogen) atoms. The molecule has 0 fully saturated rings. The lowest BCUT2D eigenvalue weighted by Gasteiger charge is -2.22. The molecule has 3 aromatic heterocycles. The molecule has 0 bridgehead atoms. The average Bonchev–Trinajstić information content (AvgIpc) is 3.26. The van der Waals surface area contributed by atoms with Gasteiger partial charge >= 0.3 is 0 Å². The molecule has 9 nitrogen and oxygen atoms in total. The van der Waals surface area contributed by atoms with Crippen LogP contribution in [0.15, 0.2) is 49.7 Å². The summed E-state index contributed by atoms with van der Waals surface area (Å²) < 4.78 is 2.04. The van der Waals surface area contributed by atoms with Crippen molar-refractivity contribution in [2.45, 2.75) is 0 Å². The number of benzene rings is 1. The minimum atomic E-state index is 0.444. The Morgan fingerprint density at radius 3 is 2.76 bits per heavy atom. The first-order valence-corrected chi connectivity index (χ1v) is 9.91. The predicted molar refractivity (Wildman–Crippen MR) is 119 cm³/mol. The summed E-state index contributed by atoms with van der Waals surface area (Å²) in [5, 5.41) is 13.2. The van der Waals surface area contributed by atoms with E-state index in [-0.39, 0.29) is 0 Å². The summed E-state index contributed by atoms with van der Waals surface area (Å²) in [5.41, 5.74) is 4.95. The summed E-state index contributed by atoms with van der Waals surface area (Å²) >= 11 is 1.58. The Morgan fingerprint density at radius 1 is 1.14 bits per heavy atom. The maximum Gasteiger partial charge on any atom is 0.229 e. The molecular weight excluding hydrogens is 386 g/mol. The minimum absolute atomic E-state index is 0.444. The van der Waals surface area contributed by atoms with Crippen LogP contribution in [0.5, 0.6) is 0 Å². The van der Waals surface area contributed by atoms with Crippen molar-refractivity contribution in [1.82, 2.24) is 30.1 Å². The normalized spacial score (nSPS) is 10.7. The smallest absolute Gasteiger partial charge is 0.229 e. The maximum atomic E-state index is 4.61. The van der Waals surface area contributed by atoms with Gasteiger partial charge in [0.1, 0.15) is 11.3 Å². The molecule has 0 radical (unpaired) electrons. The van der Waals surface area contributed by atoms with Gasteiger partial charge in [0, 0.05) is 43.7 Å². The molecule has 3 heterocycles. The van der Waals surface area contributed by atoms with Crippen LogP contribution in [0.3, 0.4) is 0 Å². The van der Waals surface area contributed by atoms with Gasteiger partial charge in [0.2, 0.25) is 5.95 Å². The quantitative estimate of drug-likeness (QED) is 0.393. The van der Waals surface area contributed by atoms with E-state index in [1.54, 1.807) is 49.0 Å². The van der Waals surface area contributed by atoms with Crippen LogP contribution in [0.25, 0.3) is 17.1 Å². The van der Waals surface area contributed by atoms with Crippen molar-refractivity contribution in [3.05, 3.63) is 55.3 Å². The van der Waals surface area contributed by atoms with Crippen LogP contribution in [0.4, 0.5) is 28.8 Å². The molecule has 0 aliphatic heterocycles. The standard InChI is InChI=1S/C19H19N9S/c1-4-12-9-22-19(25-13-10-23-24-11-13)27-18(12)26-15-6-5-14-16(21-8-7-20-14)17(15)28(2)29-3/h4-11H,1H2,2-3H3,(H,23,24)(H2,22,25,26,27). The molecule has 0 saturated heterocycles. The van der Waals surface area contributed by atoms with Gasteiger partial charge in [-0.25, -0.2) is 4.98 Å². The third kappa shape index (κ3) is 3.83. The zero-order chi connectivity index (χ0) is 20.2. The van der Waals surface area contributed by atoms with Gasteiger partial charge < -0.3 is 14.9 Å². The topological polar surface area (TPSA) is 108 Å². The van der Waals surface area contributed by atoms with Crippen LogP contribution in [-0.2, 0) is 0 Å². The summed E-state index contributed by atoms with van der Waals surface area (Å²) in [7, 11) is 1.99. The Bertz CT molecular complexity index is 1140. The molecule has 4 aromatic rings. The Labute approximate surface area is 171 Å². The lowest BCUT2D eigenvalue weighted by molar-refractivity contribution is 1.09. The maximum absolute atomic E-state index is 4.61. The molecule has 0 aliphatic carbocycles. The zero-order valence-corrected chi connectivity index (χ0v) is 16.7. The van der Waals surface area contributed by atoms with Gasteiger partial charge in [-0.05, 0) is 12.1 Å². The number of nitrogens with one attached hydrogen (secondary N) is 3. The van der Waals surface area contributed by atoms with Crippen molar-refractivity contribution in [3.63, 3.8) is 0 Å². The summed E-state index contributed by atoms with van der Waals surface area (Å²) in [6.07, 6.45) is 12.2. The third-order valence-corrected chi connectivity index (χ3v) is 4.98. The van der Waals surface area contributed by atoms with E-state index < -0.39 is 0 Å². The molecule has 0 amide bonds. The number of aromatic amines is 1. The molecule has 146 valence electrons. The summed E-state index contributed by atoms with van der Waals surface area (Å²) in [6.45, 7) is 3.87. The number of rotatable bonds is 7. The van der Waals surface area contributed by atoms with E-state index in [0.29, 0.717) is 11.8 Å². The number of aromatic nitrogens is 6. The first-order chi connectivity index (χ1) is 14.2. The fourth-order valence-electron chi connectivity index (χ4n) is 2.81. The first-order valence-electron chi connectivity index (χ1n) is 8.73. The van der Waals surface area contributed by atoms with E-state index in [9.17, 15) is 0 Å². The highest BCUT2D eigenvalue weighted by Crippen LogP contribution is 2.36. The molecule has 3 N–H and O–H groups in total. The second kappa shape index (κ2) is 8.15. The van der Waals surface area contributed by atoms with Crippen LogP contribution in [0.1, 0.15) is 5.56 Å². The van der Waals surface area contributed by atoms with E-state index in [2.05, 4.69) is 47.3 Å². The van der Waals surface area contributed by atoms with E-state index in [1.807, 2.05) is 29.7 Å². The number of fused-ring (bicyclic) bond motifs is 1. The van der Waals surface area contributed by atoms with Crippen molar-refractivity contribution < 1.29 is 0 Å². The molecule has 4 rings (SSSR count). The average molecular weight is 405 g/mol. The van der Waals surface area contributed by atoms with Crippen molar-refractivity contribution in [3.8, 4) is 0 Å².